The van der Waals surface area contributed by atoms with Crippen LogP contribution in [0.1, 0.15) is 156 Å². The average molecular weight is 453 g/mol. The zero-order valence-electron chi connectivity index (χ0n) is 23.1. The van der Waals surface area contributed by atoms with Gasteiger partial charge in [0.05, 0.1) is 0 Å². The Hall–Kier alpha value is -0.570. The van der Waals surface area contributed by atoms with Crippen LogP contribution in [0.5, 0.6) is 0 Å². The molecule has 1 unspecified atom stereocenters. The Bertz CT molecular complexity index is 441. The SMILES string of the molecule is CCCCCCCCCCCCCCCCCCCCC(CC(C)(C)C)(C(N)=O)N(C)C. The van der Waals surface area contributed by atoms with Crippen molar-refractivity contribution in [3.8, 4) is 0 Å². The van der Waals surface area contributed by atoms with Gasteiger partial charge in [0.25, 0.3) is 0 Å². The number of amides is 1. The van der Waals surface area contributed by atoms with E-state index < -0.39 is 5.54 Å². The number of hydrogen-bond donors (Lipinski definition) is 1. The minimum atomic E-state index is -0.507. The fourth-order valence-electron chi connectivity index (χ4n) is 5.10. The molecule has 0 radical (unpaired) electrons. The van der Waals surface area contributed by atoms with Gasteiger partial charge in [-0.15, -0.1) is 0 Å². The second kappa shape index (κ2) is 18.8. The highest BCUT2D eigenvalue weighted by Gasteiger charge is 2.41. The first kappa shape index (κ1) is 31.4. The molecule has 0 bridgehead atoms. The van der Waals surface area contributed by atoms with Crippen LogP contribution in [0.2, 0.25) is 0 Å². The molecule has 1 amide bonds. The molecule has 0 fully saturated rings. The summed E-state index contributed by atoms with van der Waals surface area (Å²) in [6, 6.07) is 0. The van der Waals surface area contributed by atoms with Crippen molar-refractivity contribution < 1.29 is 4.79 Å². The molecule has 0 aromatic rings. The molecule has 0 aromatic heterocycles. The first-order chi connectivity index (χ1) is 15.2. The van der Waals surface area contributed by atoms with Crippen molar-refractivity contribution in [2.24, 2.45) is 11.1 Å². The van der Waals surface area contributed by atoms with Crippen LogP contribution in [0.25, 0.3) is 0 Å². The fourth-order valence-corrected chi connectivity index (χ4v) is 5.10. The van der Waals surface area contributed by atoms with E-state index in [1.165, 1.54) is 109 Å². The van der Waals surface area contributed by atoms with E-state index in [2.05, 4.69) is 32.6 Å². The Morgan fingerprint density at radius 1 is 0.625 bits per heavy atom. The van der Waals surface area contributed by atoms with E-state index in [9.17, 15) is 4.79 Å². The second-order valence-electron chi connectivity index (χ2n) is 11.8. The van der Waals surface area contributed by atoms with Crippen LogP contribution >= 0.6 is 0 Å². The number of carbonyl (C=O) groups is 1. The van der Waals surface area contributed by atoms with Gasteiger partial charge in [-0.25, -0.2) is 0 Å². The predicted octanol–water partition coefficient (Wildman–Crippen LogP) is 8.64. The highest BCUT2D eigenvalue weighted by Crippen LogP contribution is 2.34. The molecule has 0 aliphatic rings. The van der Waals surface area contributed by atoms with Crippen LogP contribution in [-0.2, 0) is 4.79 Å². The third-order valence-electron chi connectivity index (χ3n) is 7.08. The zero-order chi connectivity index (χ0) is 24.3. The van der Waals surface area contributed by atoms with E-state index in [0.717, 1.165) is 19.3 Å². The highest BCUT2D eigenvalue weighted by atomic mass is 16.1. The van der Waals surface area contributed by atoms with Gasteiger partial charge >= 0.3 is 0 Å². The van der Waals surface area contributed by atoms with Gasteiger partial charge in [-0.1, -0.05) is 143 Å². The Labute approximate surface area is 202 Å². The van der Waals surface area contributed by atoms with Crippen LogP contribution in [0.3, 0.4) is 0 Å². The summed E-state index contributed by atoms with van der Waals surface area (Å²) in [6.45, 7) is 8.88. The number of hydrogen-bond acceptors (Lipinski definition) is 2. The molecule has 0 rings (SSSR count). The summed E-state index contributed by atoms with van der Waals surface area (Å²) in [6.07, 6.45) is 26.6. The van der Waals surface area contributed by atoms with Crippen LogP contribution in [0, 0.1) is 5.41 Å². The molecule has 0 aliphatic heterocycles. The quantitative estimate of drug-likeness (QED) is 0.167. The highest BCUT2D eigenvalue weighted by molar-refractivity contribution is 5.84. The molecule has 0 aliphatic carbocycles. The largest absolute Gasteiger partial charge is 0.368 e. The molecule has 0 aromatic carbocycles. The van der Waals surface area contributed by atoms with E-state index in [0.29, 0.717) is 0 Å². The van der Waals surface area contributed by atoms with E-state index in [1.54, 1.807) is 0 Å². The van der Waals surface area contributed by atoms with Gasteiger partial charge < -0.3 is 5.73 Å². The van der Waals surface area contributed by atoms with Crippen LogP contribution in [0.15, 0.2) is 0 Å². The lowest BCUT2D eigenvalue weighted by molar-refractivity contribution is -0.131. The van der Waals surface area contributed by atoms with E-state index in [1.807, 2.05) is 14.1 Å². The van der Waals surface area contributed by atoms with Gasteiger partial charge in [0.15, 0.2) is 0 Å². The molecule has 32 heavy (non-hydrogen) atoms. The number of carbonyl (C=O) groups excluding carboxylic acids is 1. The maximum absolute atomic E-state index is 12.3. The van der Waals surface area contributed by atoms with E-state index in [-0.39, 0.29) is 11.3 Å². The van der Waals surface area contributed by atoms with Gasteiger partial charge in [-0.2, -0.15) is 0 Å². The Morgan fingerprint density at radius 2 is 0.938 bits per heavy atom. The van der Waals surface area contributed by atoms with E-state index in [4.69, 9.17) is 5.73 Å². The molecular formula is C29H60N2O. The molecule has 3 heteroatoms. The molecule has 3 nitrogen and oxygen atoms in total. The average Bonchev–Trinajstić information content (AvgIpc) is 2.70. The van der Waals surface area contributed by atoms with Crippen molar-refractivity contribution in [1.29, 1.82) is 0 Å². The van der Waals surface area contributed by atoms with Gasteiger partial charge in [0, 0.05) is 0 Å². The van der Waals surface area contributed by atoms with Crippen LogP contribution in [-0.4, -0.2) is 30.4 Å². The molecule has 1 atom stereocenters. The number of nitrogens with zero attached hydrogens (tertiary/aromatic N) is 1. The summed E-state index contributed by atoms with van der Waals surface area (Å²) >= 11 is 0. The summed E-state index contributed by atoms with van der Waals surface area (Å²) in [4.78, 5) is 14.4. The van der Waals surface area contributed by atoms with Gasteiger partial charge in [-0.05, 0) is 32.4 Å². The summed E-state index contributed by atoms with van der Waals surface area (Å²) in [5.74, 6) is -0.163. The van der Waals surface area contributed by atoms with Crippen LogP contribution in [0.4, 0.5) is 0 Å². The van der Waals surface area contributed by atoms with E-state index >= 15 is 0 Å². The number of unbranched alkanes of at least 4 members (excludes halogenated alkanes) is 17. The minimum absolute atomic E-state index is 0.0908. The summed E-state index contributed by atoms with van der Waals surface area (Å²) in [5.41, 5.74) is 5.46. The zero-order valence-corrected chi connectivity index (χ0v) is 23.1. The number of likely N-dealkylation sites (N-methyl/N-ethyl adjacent to an activating group) is 1. The number of rotatable bonds is 22. The normalized spacial score (nSPS) is 14.1. The molecule has 2 N–H and O–H groups in total. The summed E-state index contributed by atoms with van der Waals surface area (Å²) < 4.78 is 0. The standard InChI is InChI=1S/C29H60N2O/c1-7-8-9-10-11-12-13-14-15-16-17-18-19-20-21-22-23-24-25-29(27(30)32,31(5)6)26-28(2,3)4/h7-26H2,1-6H3,(H2,30,32). The third-order valence-corrected chi connectivity index (χ3v) is 7.08. The number of primary amides is 1. The lowest BCUT2D eigenvalue weighted by Crippen LogP contribution is -2.56. The summed E-state index contributed by atoms with van der Waals surface area (Å²) in [5, 5.41) is 0. The first-order valence-corrected chi connectivity index (χ1v) is 14.1. The smallest absolute Gasteiger partial charge is 0.237 e. The first-order valence-electron chi connectivity index (χ1n) is 14.1. The molecule has 0 heterocycles. The Balaban J connectivity index is 3.66. The van der Waals surface area contributed by atoms with Crippen molar-refractivity contribution >= 4 is 5.91 Å². The fraction of sp³-hybridized carbons (Fsp3) is 0.966. The molecular weight excluding hydrogens is 392 g/mol. The maximum Gasteiger partial charge on any atom is 0.237 e. The van der Waals surface area contributed by atoms with Gasteiger partial charge in [0.1, 0.15) is 5.54 Å². The lowest BCUT2D eigenvalue weighted by atomic mass is 9.75. The van der Waals surface area contributed by atoms with Crippen molar-refractivity contribution in [1.82, 2.24) is 4.90 Å². The van der Waals surface area contributed by atoms with Gasteiger partial charge in [0.2, 0.25) is 5.91 Å². The molecule has 0 saturated heterocycles. The minimum Gasteiger partial charge on any atom is -0.368 e. The second-order valence-corrected chi connectivity index (χ2v) is 11.8. The van der Waals surface area contributed by atoms with Gasteiger partial charge in [-0.3, -0.25) is 9.69 Å². The number of nitrogens with two attached hydrogens (primary N) is 1. The summed E-state index contributed by atoms with van der Waals surface area (Å²) in [7, 11) is 4.01. The Kier molecular flexibility index (Phi) is 18.5. The monoisotopic (exact) mass is 452 g/mol. The van der Waals surface area contributed by atoms with Crippen molar-refractivity contribution in [3.05, 3.63) is 0 Å². The lowest BCUT2D eigenvalue weighted by Gasteiger charge is -2.41. The topological polar surface area (TPSA) is 46.3 Å². The van der Waals surface area contributed by atoms with Crippen LogP contribution < -0.4 is 5.73 Å². The van der Waals surface area contributed by atoms with Crippen molar-refractivity contribution in [2.45, 2.75) is 162 Å². The Morgan fingerprint density at radius 3 is 1.19 bits per heavy atom. The van der Waals surface area contributed by atoms with Crippen molar-refractivity contribution in [2.75, 3.05) is 14.1 Å². The third kappa shape index (κ3) is 16.1. The maximum atomic E-state index is 12.3. The molecule has 0 spiro atoms. The molecule has 0 saturated carbocycles. The van der Waals surface area contributed by atoms with Crippen molar-refractivity contribution in [3.63, 3.8) is 0 Å². The molecule has 192 valence electrons. The predicted molar refractivity (Wildman–Crippen MR) is 143 cm³/mol.